The van der Waals surface area contributed by atoms with Gasteiger partial charge in [0.25, 0.3) is 5.56 Å². The SMILES string of the molecule is COc1ccc(C(OC[C@H]2O[C@@H](n3cnc4c(N)ncnc43)C[C@@H]2OP(C)OC[C@H]2O[C@@H](n3cnc4c(=O)[nH]c(NCC(C)C)nc43)C[C@@H]2O[Si](C)(C)C(C)(C)C)(c2ccccc2)c2ccc(OC)cc2)cc1. The Balaban J connectivity index is 1.00. The van der Waals surface area contributed by atoms with E-state index in [2.05, 4.69) is 90.1 Å². The molecule has 0 radical (unpaired) electrons. The maximum absolute atomic E-state index is 13.2. The van der Waals surface area contributed by atoms with Crippen molar-refractivity contribution in [1.82, 2.24) is 39.0 Å². The quantitative estimate of drug-likeness (QED) is 0.0369. The molecule has 4 aromatic heterocycles. The lowest BCUT2D eigenvalue weighted by atomic mass is 9.80. The number of nitrogen functional groups attached to an aromatic ring is 1. The van der Waals surface area contributed by atoms with Crippen LogP contribution in [0.3, 0.4) is 0 Å². The highest BCUT2D eigenvalue weighted by Crippen LogP contribution is 2.47. The van der Waals surface area contributed by atoms with Gasteiger partial charge in [-0.25, -0.2) is 19.9 Å². The van der Waals surface area contributed by atoms with Gasteiger partial charge in [0.05, 0.1) is 52.3 Å². The highest BCUT2D eigenvalue weighted by atomic mass is 31.2. The molecular formula is C52H67N10O9PSi. The Bertz CT molecular complexity index is 2980. The number of nitrogens with one attached hydrogen (secondary N) is 2. The summed E-state index contributed by atoms with van der Waals surface area (Å²) in [5.74, 6) is 2.42. The number of imidazole rings is 2. The molecule has 2 aliphatic heterocycles. The first-order valence-electron chi connectivity index (χ1n) is 24.6. The highest BCUT2D eigenvalue weighted by Gasteiger charge is 2.47. The minimum atomic E-state index is -2.31. The number of nitrogens with two attached hydrogens (primary N) is 1. The van der Waals surface area contributed by atoms with Crippen molar-refractivity contribution >= 4 is 50.8 Å². The molecule has 388 valence electrons. The number of benzene rings is 3. The number of anilines is 2. The van der Waals surface area contributed by atoms with Crippen molar-refractivity contribution in [2.24, 2.45) is 5.92 Å². The average Bonchev–Trinajstić information content (AvgIpc) is 4.19. The maximum Gasteiger partial charge on any atom is 0.280 e. The fraction of sp³-hybridized carbons (Fsp3) is 0.462. The minimum absolute atomic E-state index is 0.0716. The van der Waals surface area contributed by atoms with E-state index < -0.39 is 53.1 Å². The van der Waals surface area contributed by atoms with Gasteiger partial charge in [0.15, 0.2) is 39.3 Å². The third-order valence-electron chi connectivity index (χ3n) is 14.1. The maximum atomic E-state index is 13.2. The number of H-pyrrole nitrogens is 1. The van der Waals surface area contributed by atoms with Gasteiger partial charge in [-0.3, -0.25) is 18.9 Å². The van der Waals surface area contributed by atoms with Crippen molar-refractivity contribution in [2.45, 2.75) is 108 Å². The highest BCUT2D eigenvalue weighted by molar-refractivity contribution is 7.46. The van der Waals surface area contributed by atoms with Crippen LogP contribution in [0, 0.1) is 5.92 Å². The molecule has 0 aliphatic carbocycles. The number of rotatable bonds is 20. The van der Waals surface area contributed by atoms with E-state index in [0.717, 1.165) is 16.7 Å². The molecule has 2 saturated heterocycles. The minimum Gasteiger partial charge on any atom is -0.497 e. The zero-order valence-corrected chi connectivity index (χ0v) is 45.0. The van der Waals surface area contributed by atoms with E-state index in [4.69, 9.17) is 47.9 Å². The second-order valence-corrected chi connectivity index (χ2v) is 26.5. The van der Waals surface area contributed by atoms with Gasteiger partial charge in [-0.2, -0.15) is 4.98 Å². The topological polar surface area (TPSA) is 219 Å². The lowest BCUT2D eigenvalue weighted by molar-refractivity contribution is -0.0908. The van der Waals surface area contributed by atoms with Gasteiger partial charge < -0.3 is 48.2 Å². The monoisotopic (exact) mass is 1030 g/mol. The van der Waals surface area contributed by atoms with Crippen LogP contribution in [0.15, 0.2) is 103 Å². The van der Waals surface area contributed by atoms with Crippen LogP contribution < -0.4 is 26.1 Å². The predicted octanol–water partition coefficient (Wildman–Crippen LogP) is 8.94. The first-order chi connectivity index (χ1) is 35.0. The largest absolute Gasteiger partial charge is 0.497 e. The number of fused-ring (bicyclic) bond motifs is 2. The molecule has 21 heteroatoms. The smallest absolute Gasteiger partial charge is 0.280 e. The zero-order valence-electron chi connectivity index (χ0n) is 43.1. The lowest BCUT2D eigenvalue weighted by Crippen LogP contribution is -2.46. The number of hydrogen-bond donors (Lipinski definition) is 3. The Morgan fingerprint density at radius 2 is 1.37 bits per heavy atom. The van der Waals surface area contributed by atoms with E-state index in [1.165, 1.54) is 6.33 Å². The summed E-state index contributed by atoms with van der Waals surface area (Å²) >= 11 is 0. The summed E-state index contributed by atoms with van der Waals surface area (Å²) in [6.07, 6.45) is 2.58. The van der Waals surface area contributed by atoms with Crippen LogP contribution >= 0.6 is 8.38 Å². The van der Waals surface area contributed by atoms with Gasteiger partial charge in [0.2, 0.25) is 5.95 Å². The Morgan fingerprint density at radius 1 is 0.795 bits per heavy atom. The second-order valence-electron chi connectivity index (χ2n) is 20.4. The standard InChI is InChI=1S/C52H67N10O9PSi/c1-32(2)26-54-50-59-48-45(49(63)60-50)58-31-62(48)43-25-39(71-73(9,10)51(3,4)5)41(69-43)28-67-72(8)70-38-24-42(61-30-57-44-46(53)55-29-56-47(44)61)68-40(38)27-66-52(33-14-12-11-13-15-33,34-16-20-36(64-6)21-17-34)35-18-22-37(65-7)23-19-35/h11-23,29-32,38-43H,24-28H2,1-10H3,(H2,53,55,56)(H2,54,59,60,63)/t38-,39-,40+,41+,42+,43+,72?/m0/s1. The van der Waals surface area contributed by atoms with Crippen LogP contribution in [-0.2, 0) is 33.3 Å². The summed E-state index contributed by atoms with van der Waals surface area (Å²) in [7, 11) is -0.574. The number of hydrogen-bond acceptors (Lipinski definition) is 16. The number of aromatic nitrogens is 8. The van der Waals surface area contributed by atoms with E-state index in [1.54, 1.807) is 26.9 Å². The van der Waals surface area contributed by atoms with Crippen molar-refractivity contribution in [3.8, 4) is 11.5 Å². The van der Waals surface area contributed by atoms with Crippen LogP contribution in [0.1, 0.15) is 76.6 Å². The summed E-state index contributed by atoms with van der Waals surface area (Å²) < 4.78 is 56.8. The molecule has 0 amide bonds. The molecule has 0 bridgehead atoms. The van der Waals surface area contributed by atoms with Crippen molar-refractivity contribution in [3.05, 3.63) is 125 Å². The van der Waals surface area contributed by atoms with Crippen LogP contribution in [0.25, 0.3) is 22.3 Å². The molecule has 0 saturated carbocycles. The Labute approximate surface area is 427 Å². The predicted molar refractivity (Wildman–Crippen MR) is 282 cm³/mol. The van der Waals surface area contributed by atoms with Crippen LogP contribution in [-0.4, -0.2) is 112 Å². The van der Waals surface area contributed by atoms with Gasteiger partial charge in [0, 0.05) is 26.1 Å². The molecule has 2 fully saturated rings. The van der Waals surface area contributed by atoms with Crippen molar-refractivity contribution in [1.29, 1.82) is 0 Å². The molecule has 7 atom stereocenters. The summed E-state index contributed by atoms with van der Waals surface area (Å²) in [6, 6.07) is 25.9. The van der Waals surface area contributed by atoms with Gasteiger partial charge in [-0.15, -0.1) is 0 Å². The summed E-state index contributed by atoms with van der Waals surface area (Å²) in [4.78, 5) is 38.5. The first kappa shape index (κ1) is 52.0. The fourth-order valence-corrected chi connectivity index (χ4v) is 11.5. The number of aromatic amines is 1. The summed E-state index contributed by atoms with van der Waals surface area (Å²) in [5, 5.41) is 3.17. The van der Waals surface area contributed by atoms with Crippen molar-refractivity contribution in [3.63, 3.8) is 0 Å². The normalized spacial score (nSPS) is 21.1. The third-order valence-corrected chi connectivity index (χ3v) is 19.7. The first-order valence-corrected chi connectivity index (χ1v) is 29.2. The Morgan fingerprint density at radius 3 is 1.97 bits per heavy atom. The Hall–Kier alpha value is -5.83. The van der Waals surface area contributed by atoms with Crippen LogP contribution in [0.5, 0.6) is 11.5 Å². The second kappa shape index (κ2) is 21.6. The molecule has 9 rings (SSSR count). The molecule has 1 unspecified atom stereocenters. The number of nitrogens with zero attached hydrogens (tertiary/aromatic N) is 7. The van der Waals surface area contributed by atoms with Gasteiger partial charge >= 0.3 is 0 Å². The lowest BCUT2D eigenvalue weighted by Gasteiger charge is -2.39. The zero-order chi connectivity index (χ0) is 51.7. The van der Waals surface area contributed by atoms with E-state index >= 15 is 0 Å². The van der Waals surface area contributed by atoms with E-state index in [-0.39, 0.29) is 41.2 Å². The van der Waals surface area contributed by atoms with Crippen LogP contribution in [0.4, 0.5) is 11.8 Å². The van der Waals surface area contributed by atoms with Crippen molar-refractivity contribution < 1.29 is 37.2 Å². The molecule has 2 aliphatic rings. The van der Waals surface area contributed by atoms with Crippen LogP contribution in [0.2, 0.25) is 18.1 Å². The Kier molecular flexibility index (Phi) is 15.4. The molecule has 4 N–H and O–H groups in total. The van der Waals surface area contributed by atoms with Gasteiger partial charge in [-0.1, -0.05) is 89.2 Å². The molecule has 6 heterocycles. The van der Waals surface area contributed by atoms with Gasteiger partial charge in [-0.05, 0) is 65.0 Å². The van der Waals surface area contributed by atoms with Gasteiger partial charge in [0.1, 0.15) is 53.6 Å². The molecule has 7 aromatic rings. The third kappa shape index (κ3) is 10.9. The molecular weight excluding hydrogens is 968 g/mol. The van der Waals surface area contributed by atoms with E-state index in [9.17, 15) is 4.79 Å². The molecule has 3 aromatic carbocycles. The van der Waals surface area contributed by atoms with E-state index in [1.807, 2.05) is 82.5 Å². The summed E-state index contributed by atoms with van der Waals surface area (Å²) in [5.41, 5.74) is 9.14. The van der Waals surface area contributed by atoms with E-state index in [0.29, 0.717) is 59.6 Å². The summed E-state index contributed by atoms with van der Waals surface area (Å²) in [6.45, 7) is 18.1. The molecule has 73 heavy (non-hydrogen) atoms. The number of ether oxygens (including phenoxy) is 5. The molecule has 0 spiro atoms. The van der Waals surface area contributed by atoms with Crippen molar-refractivity contribution in [2.75, 3.05) is 51.7 Å². The molecule has 19 nitrogen and oxygen atoms in total. The number of methoxy groups -OCH3 is 2. The average molecular weight is 1040 g/mol. The fourth-order valence-electron chi connectivity index (χ4n) is 9.12.